The first-order valence-corrected chi connectivity index (χ1v) is 3.17. The van der Waals surface area contributed by atoms with Crippen molar-refractivity contribution in [1.82, 2.24) is 5.32 Å². The van der Waals surface area contributed by atoms with E-state index >= 15 is 0 Å². The molecule has 8 heavy (non-hydrogen) atoms. The summed E-state index contributed by atoms with van der Waals surface area (Å²) in [6.45, 7) is 1.41. The predicted molar refractivity (Wildman–Crippen MR) is 34.9 cm³/mol. The maximum Gasteiger partial charge on any atom is 0.0431 e. The Bertz CT molecular complexity index is 33.5. The molecule has 0 aromatic rings. The molecule has 0 unspecified atom stereocenters. The molecule has 2 N–H and O–H groups in total. The summed E-state index contributed by atoms with van der Waals surface area (Å²) in [4.78, 5) is 0. The average molecular weight is 117 g/mol. The van der Waals surface area contributed by atoms with Crippen LogP contribution in [0.15, 0.2) is 0 Å². The second-order valence-electron chi connectivity index (χ2n) is 1.89. The Morgan fingerprint density at radius 2 is 2.00 bits per heavy atom. The molecule has 0 bridgehead atoms. The molecule has 0 rings (SSSR count). The quantitative estimate of drug-likeness (QED) is 0.510. The van der Waals surface area contributed by atoms with Crippen LogP contribution < -0.4 is 5.32 Å². The van der Waals surface area contributed by atoms with Crippen LogP contribution >= 0.6 is 0 Å². The molecule has 0 radical (unpaired) electrons. The van der Waals surface area contributed by atoms with Crippen molar-refractivity contribution in [2.24, 2.45) is 0 Å². The molecule has 0 aromatic carbocycles. The molecule has 0 aliphatic carbocycles. The standard InChI is InChI=1S/C6H15NO/c1-7-5-3-2-4-6-8/h7-8H,2-6H2,1H3. The van der Waals surface area contributed by atoms with E-state index in [1.807, 2.05) is 7.05 Å². The van der Waals surface area contributed by atoms with Gasteiger partial charge in [-0.05, 0) is 32.9 Å². The molecular formula is C6H15NO. The van der Waals surface area contributed by atoms with Crippen molar-refractivity contribution in [3.05, 3.63) is 0 Å². The predicted octanol–water partition coefficient (Wildman–Crippen LogP) is 0.368. The normalized spacial score (nSPS) is 9.75. The fourth-order valence-corrected chi connectivity index (χ4v) is 0.590. The summed E-state index contributed by atoms with van der Waals surface area (Å²) < 4.78 is 0. The minimum absolute atomic E-state index is 0.337. The van der Waals surface area contributed by atoms with Crippen LogP contribution in [0.1, 0.15) is 19.3 Å². The van der Waals surface area contributed by atoms with E-state index in [1.54, 1.807) is 0 Å². The summed E-state index contributed by atoms with van der Waals surface area (Å²) in [6.07, 6.45) is 3.26. The van der Waals surface area contributed by atoms with Crippen molar-refractivity contribution in [3.63, 3.8) is 0 Å². The van der Waals surface area contributed by atoms with Crippen LogP contribution in [-0.2, 0) is 0 Å². The van der Waals surface area contributed by atoms with E-state index < -0.39 is 0 Å². The van der Waals surface area contributed by atoms with Gasteiger partial charge in [-0.25, -0.2) is 0 Å². The Labute approximate surface area is 50.9 Å². The van der Waals surface area contributed by atoms with E-state index in [0.717, 1.165) is 19.4 Å². The topological polar surface area (TPSA) is 32.3 Å². The Morgan fingerprint density at radius 1 is 1.25 bits per heavy atom. The highest BCUT2D eigenvalue weighted by Gasteiger charge is 1.83. The second-order valence-corrected chi connectivity index (χ2v) is 1.89. The Kier molecular flexibility index (Phi) is 6.85. The summed E-state index contributed by atoms with van der Waals surface area (Å²) in [5, 5.41) is 11.4. The largest absolute Gasteiger partial charge is 0.396 e. The van der Waals surface area contributed by atoms with Gasteiger partial charge in [0.25, 0.3) is 0 Å². The minimum Gasteiger partial charge on any atom is -0.396 e. The highest BCUT2D eigenvalue weighted by Crippen LogP contribution is 1.90. The van der Waals surface area contributed by atoms with E-state index in [2.05, 4.69) is 5.32 Å². The van der Waals surface area contributed by atoms with Gasteiger partial charge in [0.1, 0.15) is 0 Å². The first-order valence-electron chi connectivity index (χ1n) is 3.17. The van der Waals surface area contributed by atoms with Crippen LogP contribution in [0.2, 0.25) is 0 Å². The lowest BCUT2D eigenvalue weighted by Gasteiger charge is -1.95. The number of hydrogen-bond acceptors (Lipinski definition) is 2. The lowest BCUT2D eigenvalue weighted by Crippen LogP contribution is -2.07. The maximum absolute atomic E-state index is 8.35. The molecule has 0 aliphatic heterocycles. The molecular weight excluding hydrogens is 102 g/mol. The van der Waals surface area contributed by atoms with Crippen molar-refractivity contribution >= 4 is 0 Å². The molecule has 0 atom stereocenters. The van der Waals surface area contributed by atoms with E-state index in [1.165, 1.54) is 6.42 Å². The lowest BCUT2D eigenvalue weighted by atomic mass is 10.2. The summed E-state index contributed by atoms with van der Waals surface area (Å²) in [5.74, 6) is 0. The lowest BCUT2D eigenvalue weighted by molar-refractivity contribution is 0.283. The Hall–Kier alpha value is -0.0800. The SMILES string of the molecule is CNCCCCCO. The van der Waals surface area contributed by atoms with Gasteiger partial charge in [-0.15, -0.1) is 0 Å². The Morgan fingerprint density at radius 3 is 2.50 bits per heavy atom. The zero-order valence-electron chi connectivity index (χ0n) is 5.48. The van der Waals surface area contributed by atoms with Crippen molar-refractivity contribution in [3.8, 4) is 0 Å². The molecule has 0 saturated carbocycles. The number of hydrogen-bond donors (Lipinski definition) is 2. The van der Waals surface area contributed by atoms with Crippen LogP contribution in [-0.4, -0.2) is 25.3 Å². The number of unbranched alkanes of at least 4 members (excludes halogenated alkanes) is 2. The molecule has 2 heteroatoms. The van der Waals surface area contributed by atoms with Crippen molar-refractivity contribution in [2.45, 2.75) is 19.3 Å². The van der Waals surface area contributed by atoms with Gasteiger partial charge in [0.05, 0.1) is 0 Å². The van der Waals surface area contributed by atoms with Crippen LogP contribution in [0.3, 0.4) is 0 Å². The van der Waals surface area contributed by atoms with Gasteiger partial charge >= 0.3 is 0 Å². The summed E-state index contributed by atoms with van der Waals surface area (Å²) >= 11 is 0. The zero-order chi connectivity index (χ0) is 6.24. The van der Waals surface area contributed by atoms with Crippen molar-refractivity contribution in [2.75, 3.05) is 20.2 Å². The first-order chi connectivity index (χ1) is 3.91. The number of nitrogens with one attached hydrogen (secondary N) is 1. The van der Waals surface area contributed by atoms with Gasteiger partial charge < -0.3 is 10.4 Å². The molecule has 2 nitrogen and oxygen atoms in total. The Balaban J connectivity index is 2.53. The molecule has 50 valence electrons. The van der Waals surface area contributed by atoms with Crippen LogP contribution in [0.4, 0.5) is 0 Å². The van der Waals surface area contributed by atoms with Gasteiger partial charge in [-0.3, -0.25) is 0 Å². The minimum atomic E-state index is 0.337. The second kappa shape index (κ2) is 6.92. The highest BCUT2D eigenvalue weighted by atomic mass is 16.2. The third kappa shape index (κ3) is 5.92. The summed E-state index contributed by atoms with van der Waals surface area (Å²) in [7, 11) is 1.94. The molecule has 0 amide bonds. The monoisotopic (exact) mass is 117 g/mol. The molecule has 0 aliphatic rings. The van der Waals surface area contributed by atoms with Crippen LogP contribution in [0.5, 0.6) is 0 Å². The van der Waals surface area contributed by atoms with Gasteiger partial charge in [-0.2, -0.15) is 0 Å². The summed E-state index contributed by atoms with van der Waals surface area (Å²) in [6, 6.07) is 0. The van der Waals surface area contributed by atoms with Gasteiger partial charge in [0, 0.05) is 6.61 Å². The molecule has 0 spiro atoms. The zero-order valence-corrected chi connectivity index (χ0v) is 5.48. The fraction of sp³-hybridized carbons (Fsp3) is 1.00. The van der Waals surface area contributed by atoms with E-state index in [-0.39, 0.29) is 0 Å². The van der Waals surface area contributed by atoms with Crippen molar-refractivity contribution < 1.29 is 5.11 Å². The van der Waals surface area contributed by atoms with Gasteiger partial charge in [-0.1, -0.05) is 0 Å². The maximum atomic E-state index is 8.35. The fourth-order valence-electron chi connectivity index (χ4n) is 0.590. The van der Waals surface area contributed by atoms with Gasteiger partial charge in [0.2, 0.25) is 0 Å². The van der Waals surface area contributed by atoms with E-state index in [9.17, 15) is 0 Å². The third-order valence-corrected chi connectivity index (χ3v) is 1.08. The summed E-state index contributed by atoms with van der Waals surface area (Å²) in [5.41, 5.74) is 0. The van der Waals surface area contributed by atoms with E-state index in [0.29, 0.717) is 6.61 Å². The number of aliphatic hydroxyl groups excluding tert-OH is 1. The molecule has 0 saturated heterocycles. The average Bonchev–Trinajstić information content (AvgIpc) is 1.81. The smallest absolute Gasteiger partial charge is 0.0431 e. The number of rotatable bonds is 5. The molecule has 0 heterocycles. The van der Waals surface area contributed by atoms with Crippen molar-refractivity contribution in [1.29, 1.82) is 0 Å². The first kappa shape index (κ1) is 7.92. The van der Waals surface area contributed by atoms with Crippen LogP contribution in [0.25, 0.3) is 0 Å². The molecule has 0 aromatic heterocycles. The number of aliphatic hydroxyl groups is 1. The third-order valence-electron chi connectivity index (χ3n) is 1.08. The highest BCUT2D eigenvalue weighted by molar-refractivity contribution is 4.41. The molecule has 0 fully saturated rings. The van der Waals surface area contributed by atoms with Gasteiger partial charge in [0.15, 0.2) is 0 Å². The van der Waals surface area contributed by atoms with E-state index in [4.69, 9.17) is 5.11 Å². The van der Waals surface area contributed by atoms with Crippen LogP contribution in [0, 0.1) is 0 Å².